The summed E-state index contributed by atoms with van der Waals surface area (Å²) in [6, 6.07) is 0. The van der Waals surface area contributed by atoms with Crippen molar-refractivity contribution in [2.75, 3.05) is 53.4 Å². The molecule has 4 N–H and O–H groups in total. The Morgan fingerprint density at radius 2 is 1.10 bits per heavy atom. The van der Waals surface area contributed by atoms with Gasteiger partial charge in [0.15, 0.2) is 0 Å². The maximum Gasteiger partial charge on any atom is -0.00173 e. The quantitative estimate of drug-likeness (QED) is 0.365. The number of unbranched alkanes of at least 4 members (excludes halogenated alkanes) is 2. The van der Waals surface area contributed by atoms with Crippen molar-refractivity contribution in [1.29, 1.82) is 0 Å². The average molecular weight is 307 g/mol. The van der Waals surface area contributed by atoms with Gasteiger partial charge in [0.1, 0.15) is 0 Å². The molecule has 2 unspecified atom stereocenters. The maximum absolute atomic E-state index is 3.59. The van der Waals surface area contributed by atoms with Gasteiger partial charge < -0.3 is 21.3 Å². The predicted molar refractivity (Wildman–Crippen MR) is 90.9 cm³/mol. The highest BCUT2D eigenvalue weighted by Gasteiger charge is 2.35. The number of nitrogens with one attached hydrogen (secondary N) is 4. The highest BCUT2D eigenvalue weighted by atomic mass is 35.5. The van der Waals surface area contributed by atoms with Crippen LogP contribution >= 0.6 is 12.4 Å². The monoisotopic (exact) mass is 306 g/mol. The van der Waals surface area contributed by atoms with Crippen molar-refractivity contribution in [3.63, 3.8) is 0 Å². The largest absolute Gasteiger partial charge is 0.320 e. The first kappa shape index (κ1) is 20.1. The maximum atomic E-state index is 3.59. The number of hydrogen-bond donors (Lipinski definition) is 4. The topological polar surface area (TPSA) is 48.1 Å². The summed E-state index contributed by atoms with van der Waals surface area (Å²) in [6.45, 7) is 7.11. The van der Waals surface area contributed by atoms with Crippen LogP contribution in [0, 0.1) is 11.8 Å². The van der Waals surface area contributed by atoms with Crippen LogP contribution in [0.25, 0.3) is 0 Å². The van der Waals surface area contributed by atoms with E-state index in [0.29, 0.717) is 0 Å². The molecule has 0 aromatic carbocycles. The normalized spacial score (nSPS) is 20.7. The summed E-state index contributed by atoms with van der Waals surface area (Å²) < 4.78 is 0. The second-order valence-electron chi connectivity index (χ2n) is 5.79. The molecule has 1 rings (SSSR count). The Hall–Kier alpha value is 0.130. The van der Waals surface area contributed by atoms with Gasteiger partial charge in [0.2, 0.25) is 0 Å². The average Bonchev–Trinajstić information content (AvgIpc) is 3.16. The standard InChI is InChI=1S/C15H34N4.ClH/c1-16-7-3-5-9-18-12-14-11-15(14)13-19-10-6-4-8-17-2;/h14-19H,3-13H2,1-2H3;1H. The lowest BCUT2D eigenvalue weighted by Gasteiger charge is -2.06. The molecule has 1 aliphatic rings. The van der Waals surface area contributed by atoms with E-state index in [2.05, 4.69) is 21.3 Å². The van der Waals surface area contributed by atoms with E-state index in [0.717, 1.165) is 24.9 Å². The van der Waals surface area contributed by atoms with Gasteiger partial charge in [0, 0.05) is 0 Å². The zero-order valence-electron chi connectivity index (χ0n) is 13.3. The van der Waals surface area contributed by atoms with Crippen molar-refractivity contribution in [3.05, 3.63) is 0 Å². The molecule has 0 radical (unpaired) electrons. The molecule has 1 fully saturated rings. The minimum Gasteiger partial charge on any atom is -0.320 e. The first-order valence-electron chi connectivity index (χ1n) is 8.09. The van der Waals surface area contributed by atoms with Gasteiger partial charge in [-0.2, -0.15) is 0 Å². The summed E-state index contributed by atoms with van der Waals surface area (Å²) in [7, 11) is 4.04. The first-order valence-corrected chi connectivity index (χ1v) is 8.09. The molecule has 1 aliphatic carbocycles. The van der Waals surface area contributed by atoms with Crippen molar-refractivity contribution < 1.29 is 0 Å². The van der Waals surface area contributed by atoms with Crippen LogP contribution < -0.4 is 21.3 Å². The van der Waals surface area contributed by atoms with Gasteiger partial charge in [0.25, 0.3) is 0 Å². The van der Waals surface area contributed by atoms with E-state index >= 15 is 0 Å². The van der Waals surface area contributed by atoms with Crippen LogP contribution in [0.15, 0.2) is 0 Å². The van der Waals surface area contributed by atoms with Crippen molar-refractivity contribution >= 4 is 12.4 Å². The zero-order valence-corrected chi connectivity index (χ0v) is 14.2. The molecule has 0 aromatic rings. The van der Waals surface area contributed by atoms with Gasteiger partial charge in [-0.1, -0.05) is 0 Å². The van der Waals surface area contributed by atoms with Crippen LogP contribution in [0.5, 0.6) is 0 Å². The molecule has 122 valence electrons. The van der Waals surface area contributed by atoms with Crippen molar-refractivity contribution in [2.45, 2.75) is 32.1 Å². The van der Waals surface area contributed by atoms with Crippen molar-refractivity contribution in [2.24, 2.45) is 11.8 Å². The zero-order chi connectivity index (χ0) is 13.8. The van der Waals surface area contributed by atoms with Gasteiger partial charge >= 0.3 is 0 Å². The minimum absolute atomic E-state index is 0. The van der Waals surface area contributed by atoms with Gasteiger partial charge in [-0.05, 0) is 97.3 Å². The summed E-state index contributed by atoms with van der Waals surface area (Å²) in [6.07, 6.45) is 6.58. The van der Waals surface area contributed by atoms with E-state index in [1.165, 1.54) is 58.3 Å². The van der Waals surface area contributed by atoms with Gasteiger partial charge in [0.05, 0.1) is 0 Å². The molecular weight excluding hydrogens is 272 g/mol. The third-order valence-corrected chi connectivity index (χ3v) is 3.94. The van der Waals surface area contributed by atoms with E-state index in [9.17, 15) is 0 Å². The van der Waals surface area contributed by atoms with E-state index in [1.807, 2.05) is 14.1 Å². The lowest BCUT2D eigenvalue weighted by Crippen LogP contribution is -2.23. The summed E-state index contributed by atoms with van der Waals surface area (Å²) >= 11 is 0. The van der Waals surface area contributed by atoms with Gasteiger partial charge in [-0.3, -0.25) is 0 Å². The molecule has 2 atom stereocenters. The SMILES string of the molecule is CNCCCCNCC1CC1CNCCCCNC.Cl. The molecule has 0 amide bonds. The van der Waals surface area contributed by atoms with Crippen molar-refractivity contribution in [1.82, 2.24) is 21.3 Å². The third-order valence-electron chi connectivity index (χ3n) is 3.94. The number of rotatable bonds is 14. The molecule has 20 heavy (non-hydrogen) atoms. The molecular formula is C15H35ClN4. The fraction of sp³-hybridized carbons (Fsp3) is 1.00. The highest BCUT2D eigenvalue weighted by Crippen LogP contribution is 2.36. The summed E-state index contributed by atoms with van der Waals surface area (Å²) in [5.74, 6) is 1.88. The Morgan fingerprint density at radius 1 is 0.700 bits per heavy atom. The smallest absolute Gasteiger partial charge is 0.00173 e. The van der Waals surface area contributed by atoms with Crippen LogP contribution in [0.4, 0.5) is 0 Å². The van der Waals surface area contributed by atoms with E-state index in [-0.39, 0.29) is 12.4 Å². The molecule has 0 bridgehead atoms. The lowest BCUT2D eigenvalue weighted by molar-refractivity contribution is 0.535. The van der Waals surface area contributed by atoms with Crippen LogP contribution in [0.3, 0.4) is 0 Å². The van der Waals surface area contributed by atoms with Gasteiger partial charge in [-0.25, -0.2) is 0 Å². The Balaban J connectivity index is 0.00000361. The predicted octanol–water partition coefficient (Wildman–Crippen LogP) is 1.22. The Morgan fingerprint density at radius 3 is 1.50 bits per heavy atom. The fourth-order valence-electron chi connectivity index (χ4n) is 2.49. The molecule has 0 spiro atoms. The molecule has 1 saturated carbocycles. The lowest BCUT2D eigenvalue weighted by atomic mass is 10.2. The third kappa shape index (κ3) is 10.9. The second kappa shape index (κ2) is 14.1. The Labute approximate surface area is 131 Å². The summed E-state index contributed by atoms with van der Waals surface area (Å²) in [5.41, 5.74) is 0. The number of hydrogen-bond acceptors (Lipinski definition) is 4. The second-order valence-corrected chi connectivity index (χ2v) is 5.79. The summed E-state index contributed by atoms with van der Waals surface area (Å²) in [5, 5.41) is 13.6. The highest BCUT2D eigenvalue weighted by molar-refractivity contribution is 5.85. The minimum atomic E-state index is 0. The number of halogens is 1. The van der Waals surface area contributed by atoms with Crippen molar-refractivity contribution in [3.8, 4) is 0 Å². The van der Waals surface area contributed by atoms with Crippen LogP contribution in [0.1, 0.15) is 32.1 Å². The van der Waals surface area contributed by atoms with E-state index in [4.69, 9.17) is 0 Å². The molecule has 5 heteroatoms. The Bertz CT molecular complexity index is 184. The molecule has 4 nitrogen and oxygen atoms in total. The molecule has 0 aliphatic heterocycles. The fourth-order valence-corrected chi connectivity index (χ4v) is 2.49. The van der Waals surface area contributed by atoms with Gasteiger partial charge in [-0.15, -0.1) is 12.4 Å². The summed E-state index contributed by atoms with van der Waals surface area (Å²) in [4.78, 5) is 0. The van der Waals surface area contributed by atoms with Crippen LogP contribution in [-0.2, 0) is 0 Å². The molecule has 0 aromatic heterocycles. The first-order chi connectivity index (χ1) is 9.38. The molecule has 0 saturated heterocycles. The molecule has 0 heterocycles. The Kier molecular flexibility index (Phi) is 14.2. The van der Waals surface area contributed by atoms with Crippen LogP contribution in [-0.4, -0.2) is 53.4 Å². The van der Waals surface area contributed by atoms with E-state index < -0.39 is 0 Å². The van der Waals surface area contributed by atoms with E-state index in [1.54, 1.807) is 0 Å². The van der Waals surface area contributed by atoms with Crippen LogP contribution in [0.2, 0.25) is 0 Å².